The number of amides is 1. The van der Waals surface area contributed by atoms with E-state index in [0.717, 1.165) is 53.3 Å². The van der Waals surface area contributed by atoms with E-state index in [1.807, 2.05) is 12.1 Å². The van der Waals surface area contributed by atoms with E-state index in [1.165, 1.54) is 31.1 Å². The number of rotatable bonds is 8. The van der Waals surface area contributed by atoms with Crippen molar-refractivity contribution >= 4 is 15.9 Å². The molecule has 1 saturated heterocycles. The normalized spacial score (nSPS) is 18.4. The van der Waals surface area contributed by atoms with E-state index in [4.69, 9.17) is 0 Å². The summed E-state index contributed by atoms with van der Waals surface area (Å²) in [6.07, 6.45) is -6.71. The number of benzene rings is 2. The van der Waals surface area contributed by atoms with Crippen LogP contribution in [0.3, 0.4) is 0 Å². The zero-order chi connectivity index (χ0) is 34.1. The molecule has 15 heteroatoms. The van der Waals surface area contributed by atoms with Gasteiger partial charge in [0.15, 0.2) is 0 Å². The number of aromatic nitrogens is 1. The van der Waals surface area contributed by atoms with Crippen LogP contribution >= 0.6 is 0 Å². The molecule has 0 aliphatic carbocycles. The number of hydrogen-bond acceptors (Lipinski definition) is 6. The molecule has 3 aromatic rings. The van der Waals surface area contributed by atoms with E-state index in [1.54, 1.807) is 6.20 Å². The largest absolute Gasteiger partial charge is 0.416 e. The predicted molar refractivity (Wildman–Crippen MR) is 162 cm³/mol. The fourth-order valence-electron chi connectivity index (χ4n) is 5.98. The maximum atomic E-state index is 13.9. The van der Waals surface area contributed by atoms with Gasteiger partial charge in [-0.3, -0.25) is 19.6 Å². The summed E-state index contributed by atoms with van der Waals surface area (Å²) in [7, 11) is -1.96. The average Bonchev–Trinajstić information content (AvgIpc) is 3.02. The number of halogens is 6. The molecule has 1 amide bonds. The van der Waals surface area contributed by atoms with Crippen molar-refractivity contribution in [1.29, 1.82) is 0 Å². The first-order valence-corrected chi connectivity index (χ1v) is 16.5. The van der Waals surface area contributed by atoms with Crippen LogP contribution in [0.15, 0.2) is 65.7 Å². The molecule has 0 unspecified atom stereocenters. The van der Waals surface area contributed by atoms with Gasteiger partial charge in [-0.1, -0.05) is 18.2 Å². The smallest absolute Gasteiger partial charge is 0.333 e. The van der Waals surface area contributed by atoms with Gasteiger partial charge in [0.1, 0.15) is 0 Å². The third kappa shape index (κ3) is 8.13. The van der Waals surface area contributed by atoms with E-state index >= 15 is 0 Å². The van der Waals surface area contributed by atoms with Crippen molar-refractivity contribution in [3.05, 3.63) is 94.3 Å². The minimum absolute atomic E-state index is 0.128. The number of nitrogens with zero attached hydrogens (tertiary/aromatic N) is 5. The van der Waals surface area contributed by atoms with E-state index in [-0.39, 0.29) is 13.0 Å². The van der Waals surface area contributed by atoms with Crippen LogP contribution in [0.4, 0.5) is 26.3 Å². The molecule has 1 atom stereocenters. The first-order valence-electron chi connectivity index (χ1n) is 15.0. The molecule has 8 nitrogen and oxygen atoms in total. The number of carbonyl (C=O) groups excluding carboxylic acids is 1. The fourth-order valence-corrected chi connectivity index (χ4v) is 6.95. The number of alkyl halides is 6. The van der Waals surface area contributed by atoms with E-state index in [2.05, 4.69) is 14.8 Å². The Bertz CT molecular complexity index is 1700. The Morgan fingerprint density at radius 2 is 1.57 bits per heavy atom. The highest BCUT2D eigenvalue weighted by molar-refractivity contribution is 7.89. The Morgan fingerprint density at radius 1 is 0.894 bits per heavy atom. The molecule has 1 fully saturated rings. The summed E-state index contributed by atoms with van der Waals surface area (Å²) in [5.74, 6) is -0.789. The standard InChI is InChI=1S/C32H35F6N5O3S/c1-40(2)47(45,46)28-18-24(17-26(19-28)32(36,37)38)30(44)43-15-14-42(13-12-41-11-9-29-23(20-41)4-3-10-39-29)21-27(43)16-22-5-7-25(8-6-22)31(33,34)35/h3-8,10,17-19,27H,9,11-16,20-21H2,1-2H3/t27-/m1/s1. The van der Waals surface area contributed by atoms with Crippen LogP contribution < -0.4 is 0 Å². The molecule has 2 aromatic carbocycles. The second-order valence-corrected chi connectivity index (χ2v) is 14.2. The third-order valence-electron chi connectivity index (χ3n) is 8.62. The molecule has 1 aromatic heterocycles. The lowest BCUT2D eigenvalue weighted by Gasteiger charge is -2.42. The zero-order valence-electron chi connectivity index (χ0n) is 25.9. The van der Waals surface area contributed by atoms with Gasteiger partial charge in [-0.25, -0.2) is 12.7 Å². The Balaban J connectivity index is 1.40. The Morgan fingerprint density at radius 3 is 2.23 bits per heavy atom. The maximum Gasteiger partial charge on any atom is 0.416 e. The highest BCUT2D eigenvalue weighted by Crippen LogP contribution is 2.34. The summed E-state index contributed by atoms with van der Waals surface area (Å²) in [6, 6.07) is 9.98. The lowest BCUT2D eigenvalue weighted by Crippen LogP contribution is -2.57. The van der Waals surface area contributed by atoms with Crippen LogP contribution in [0.25, 0.3) is 0 Å². The van der Waals surface area contributed by atoms with Gasteiger partial charge < -0.3 is 4.90 Å². The highest BCUT2D eigenvalue weighted by atomic mass is 32.2. The monoisotopic (exact) mass is 683 g/mol. The third-order valence-corrected chi connectivity index (χ3v) is 10.4. The van der Waals surface area contributed by atoms with Crippen LogP contribution in [0.5, 0.6) is 0 Å². The number of carbonyl (C=O) groups is 1. The van der Waals surface area contributed by atoms with Gasteiger partial charge in [-0.15, -0.1) is 0 Å². The minimum atomic E-state index is -4.92. The van der Waals surface area contributed by atoms with Crippen molar-refractivity contribution in [2.24, 2.45) is 0 Å². The van der Waals surface area contributed by atoms with Gasteiger partial charge >= 0.3 is 12.4 Å². The van der Waals surface area contributed by atoms with Gasteiger partial charge in [0.05, 0.1) is 16.0 Å². The van der Waals surface area contributed by atoms with Crippen molar-refractivity contribution in [3.8, 4) is 0 Å². The molecule has 0 bridgehead atoms. The molecule has 254 valence electrons. The summed E-state index contributed by atoms with van der Waals surface area (Å²) in [5.41, 5.74) is 0.209. The van der Waals surface area contributed by atoms with Crippen LogP contribution in [-0.2, 0) is 41.8 Å². The lowest BCUT2D eigenvalue weighted by molar-refractivity contribution is -0.138. The molecule has 0 spiro atoms. The second kappa shape index (κ2) is 13.5. The van der Waals surface area contributed by atoms with Crippen molar-refractivity contribution in [3.63, 3.8) is 0 Å². The summed E-state index contributed by atoms with van der Waals surface area (Å²) < 4.78 is 108. The van der Waals surface area contributed by atoms with Gasteiger partial charge in [0.2, 0.25) is 10.0 Å². The lowest BCUT2D eigenvalue weighted by atomic mass is 9.99. The quantitative estimate of drug-likeness (QED) is 0.318. The van der Waals surface area contributed by atoms with Crippen LogP contribution in [0, 0.1) is 0 Å². The number of sulfonamides is 1. The molecule has 2 aliphatic heterocycles. The summed E-state index contributed by atoms with van der Waals surface area (Å²) in [6.45, 7) is 3.77. The molecule has 0 saturated carbocycles. The fraction of sp³-hybridized carbons (Fsp3) is 0.438. The van der Waals surface area contributed by atoms with Crippen LogP contribution in [0.2, 0.25) is 0 Å². The summed E-state index contributed by atoms with van der Waals surface area (Å²) >= 11 is 0. The molecule has 0 radical (unpaired) electrons. The van der Waals surface area contributed by atoms with Crippen molar-refractivity contribution in [2.45, 2.75) is 42.7 Å². The topological polar surface area (TPSA) is 77.1 Å². The molecule has 5 rings (SSSR count). The number of fused-ring (bicyclic) bond motifs is 1. The van der Waals surface area contributed by atoms with Crippen molar-refractivity contribution in [1.82, 2.24) is 24.0 Å². The average molecular weight is 684 g/mol. The maximum absolute atomic E-state index is 13.9. The predicted octanol–water partition coefficient (Wildman–Crippen LogP) is 4.80. The summed E-state index contributed by atoms with van der Waals surface area (Å²) in [4.78, 5) is 23.5. The molecule has 0 N–H and O–H groups in total. The van der Waals surface area contributed by atoms with Crippen molar-refractivity contribution < 1.29 is 39.6 Å². The second-order valence-electron chi connectivity index (χ2n) is 12.0. The van der Waals surface area contributed by atoms with E-state index < -0.39 is 55.9 Å². The van der Waals surface area contributed by atoms with Gasteiger partial charge in [0, 0.05) is 89.8 Å². The highest BCUT2D eigenvalue weighted by Gasteiger charge is 2.37. The first-order chi connectivity index (χ1) is 22.0. The molecule has 47 heavy (non-hydrogen) atoms. The number of hydrogen-bond donors (Lipinski definition) is 0. The van der Waals surface area contributed by atoms with Crippen LogP contribution in [0.1, 0.15) is 38.3 Å². The van der Waals surface area contributed by atoms with Crippen molar-refractivity contribution in [2.75, 3.05) is 53.4 Å². The number of pyridine rings is 1. The zero-order valence-corrected chi connectivity index (χ0v) is 26.7. The van der Waals surface area contributed by atoms with E-state index in [9.17, 15) is 39.6 Å². The minimum Gasteiger partial charge on any atom is -0.333 e. The SMILES string of the molecule is CN(C)S(=O)(=O)c1cc(C(=O)N2CCN(CCN3CCc4ncccc4C3)C[C@H]2Cc2ccc(C(F)(F)F)cc2)cc(C(F)(F)F)c1. The molecule has 3 heterocycles. The first kappa shape index (κ1) is 34.8. The van der Waals surface area contributed by atoms with E-state index in [0.29, 0.717) is 43.9 Å². The van der Waals surface area contributed by atoms with Crippen LogP contribution in [-0.4, -0.2) is 97.7 Å². The molecular weight excluding hydrogens is 648 g/mol. The molecular formula is C32H35F6N5O3S. The Hall–Kier alpha value is -3.53. The van der Waals surface area contributed by atoms with Gasteiger partial charge in [-0.2, -0.15) is 26.3 Å². The summed E-state index contributed by atoms with van der Waals surface area (Å²) in [5, 5.41) is 0. The Kier molecular flexibility index (Phi) is 10.0. The van der Waals surface area contributed by atoms with Gasteiger partial charge in [-0.05, 0) is 53.9 Å². The number of piperazine rings is 1. The Labute approximate surface area is 269 Å². The van der Waals surface area contributed by atoms with Gasteiger partial charge in [0.25, 0.3) is 5.91 Å². The molecule has 2 aliphatic rings.